The highest BCUT2D eigenvalue weighted by Crippen LogP contribution is 1.91. The molecule has 0 aromatic rings. The van der Waals surface area contributed by atoms with Crippen LogP contribution in [0, 0.1) is 0 Å². The molecule has 0 saturated carbocycles. The van der Waals surface area contributed by atoms with E-state index in [0.29, 0.717) is 12.5 Å². The Hall–Kier alpha value is -0.570. The van der Waals surface area contributed by atoms with E-state index < -0.39 is 0 Å². The third-order valence-electron chi connectivity index (χ3n) is 1.77. The summed E-state index contributed by atoms with van der Waals surface area (Å²) in [6.45, 7) is 4.71. The molecule has 0 aliphatic rings. The summed E-state index contributed by atoms with van der Waals surface area (Å²) in [5.41, 5.74) is 0. The van der Waals surface area contributed by atoms with Crippen LogP contribution in [0.25, 0.3) is 0 Å². The summed E-state index contributed by atoms with van der Waals surface area (Å²) < 4.78 is 0. The highest BCUT2D eigenvalue weighted by Gasteiger charge is 2.07. The second-order valence-corrected chi connectivity index (χ2v) is 2.82. The van der Waals surface area contributed by atoms with Gasteiger partial charge in [0.25, 0.3) is 0 Å². The lowest BCUT2D eigenvalue weighted by Gasteiger charge is -2.20. The Morgan fingerprint density at radius 3 is 2.55 bits per heavy atom. The zero-order valence-corrected chi connectivity index (χ0v) is 7.85. The number of nitrogens with zero attached hydrogens (tertiary/aromatic N) is 1. The van der Waals surface area contributed by atoms with Crippen LogP contribution in [-0.4, -0.2) is 37.5 Å². The van der Waals surface area contributed by atoms with E-state index in [4.69, 9.17) is 0 Å². The summed E-state index contributed by atoms with van der Waals surface area (Å²) in [4.78, 5) is 12.8. The normalized spacial score (nSPS) is 12.7. The number of carbonyl (C=O) groups excluding carboxylic acids is 1. The van der Waals surface area contributed by atoms with Crippen molar-refractivity contribution < 1.29 is 4.79 Å². The minimum Gasteiger partial charge on any atom is -0.344 e. The van der Waals surface area contributed by atoms with Crippen LogP contribution in [-0.2, 0) is 4.79 Å². The fraction of sp³-hybridized carbons (Fsp3) is 0.875. The summed E-state index contributed by atoms with van der Waals surface area (Å²) in [6, 6.07) is 0.371. The molecule has 0 aliphatic heterocycles. The number of carbonyl (C=O) groups is 1. The summed E-state index contributed by atoms with van der Waals surface area (Å²) in [6.07, 6.45) is 0.590. The SMILES string of the molecule is CCC(=O)N(C)CC(C)NC. The van der Waals surface area contributed by atoms with E-state index in [9.17, 15) is 4.79 Å². The van der Waals surface area contributed by atoms with Crippen LogP contribution < -0.4 is 5.32 Å². The number of rotatable bonds is 4. The Kier molecular flexibility index (Phi) is 4.86. The van der Waals surface area contributed by atoms with Gasteiger partial charge in [-0.2, -0.15) is 0 Å². The fourth-order valence-corrected chi connectivity index (χ4v) is 0.874. The van der Waals surface area contributed by atoms with Crippen LogP contribution in [0.1, 0.15) is 20.3 Å². The number of likely N-dealkylation sites (N-methyl/N-ethyl adjacent to an activating group) is 2. The van der Waals surface area contributed by atoms with Gasteiger partial charge in [0.1, 0.15) is 0 Å². The van der Waals surface area contributed by atoms with E-state index in [1.807, 2.05) is 21.0 Å². The highest BCUT2D eigenvalue weighted by molar-refractivity contribution is 5.75. The lowest BCUT2D eigenvalue weighted by molar-refractivity contribution is -0.129. The quantitative estimate of drug-likeness (QED) is 0.644. The lowest BCUT2D eigenvalue weighted by atomic mass is 10.3. The monoisotopic (exact) mass is 158 g/mol. The smallest absolute Gasteiger partial charge is 0.222 e. The van der Waals surface area contributed by atoms with Gasteiger partial charge < -0.3 is 10.2 Å². The number of hydrogen-bond donors (Lipinski definition) is 1. The van der Waals surface area contributed by atoms with Gasteiger partial charge in [-0.15, -0.1) is 0 Å². The highest BCUT2D eigenvalue weighted by atomic mass is 16.2. The van der Waals surface area contributed by atoms with E-state index in [0.717, 1.165) is 6.54 Å². The minimum atomic E-state index is 0.201. The molecule has 0 saturated heterocycles. The van der Waals surface area contributed by atoms with E-state index in [2.05, 4.69) is 12.2 Å². The van der Waals surface area contributed by atoms with E-state index in [1.54, 1.807) is 4.90 Å². The molecule has 3 nitrogen and oxygen atoms in total. The maximum atomic E-state index is 11.1. The molecule has 1 atom stereocenters. The second kappa shape index (κ2) is 5.13. The molecule has 0 spiro atoms. The molecule has 3 heteroatoms. The van der Waals surface area contributed by atoms with Crippen molar-refractivity contribution in [2.75, 3.05) is 20.6 Å². The van der Waals surface area contributed by atoms with Gasteiger partial charge in [0, 0.05) is 26.1 Å². The summed E-state index contributed by atoms with van der Waals surface area (Å²) in [5, 5.41) is 3.08. The van der Waals surface area contributed by atoms with Crippen LogP contribution in [0.4, 0.5) is 0 Å². The van der Waals surface area contributed by atoms with Crippen molar-refractivity contribution in [1.29, 1.82) is 0 Å². The largest absolute Gasteiger partial charge is 0.344 e. The third kappa shape index (κ3) is 3.98. The predicted octanol–water partition coefficient (Wildman–Crippen LogP) is 0.463. The second-order valence-electron chi connectivity index (χ2n) is 2.82. The molecule has 1 N–H and O–H groups in total. The van der Waals surface area contributed by atoms with Crippen molar-refractivity contribution in [3.8, 4) is 0 Å². The average molecular weight is 158 g/mol. The minimum absolute atomic E-state index is 0.201. The number of amides is 1. The topological polar surface area (TPSA) is 32.3 Å². The average Bonchev–Trinajstić information content (AvgIpc) is 2.02. The molecule has 0 aliphatic carbocycles. The molecule has 1 unspecified atom stereocenters. The van der Waals surface area contributed by atoms with Crippen LogP contribution in [0.3, 0.4) is 0 Å². The molecule has 1 amide bonds. The number of hydrogen-bond acceptors (Lipinski definition) is 2. The first-order chi connectivity index (χ1) is 5.11. The van der Waals surface area contributed by atoms with Crippen molar-refractivity contribution >= 4 is 5.91 Å². The molecule has 11 heavy (non-hydrogen) atoms. The van der Waals surface area contributed by atoms with Gasteiger partial charge in [-0.3, -0.25) is 4.79 Å². The van der Waals surface area contributed by atoms with E-state index in [-0.39, 0.29) is 5.91 Å². The Labute approximate surface area is 68.8 Å². The predicted molar refractivity (Wildman–Crippen MR) is 46.4 cm³/mol. The Morgan fingerprint density at radius 1 is 1.64 bits per heavy atom. The molecule has 0 aromatic heterocycles. The van der Waals surface area contributed by atoms with Crippen molar-refractivity contribution in [1.82, 2.24) is 10.2 Å². The first-order valence-electron chi connectivity index (χ1n) is 4.03. The summed E-state index contributed by atoms with van der Waals surface area (Å²) >= 11 is 0. The van der Waals surface area contributed by atoms with E-state index >= 15 is 0 Å². The summed E-state index contributed by atoms with van der Waals surface area (Å²) in [5.74, 6) is 0.201. The van der Waals surface area contributed by atoms with Gasteiger partial charge in [0.05, 0.1) is 0 Å². The lowest BCUT2D eigenvalue weighted by Crippen LogP contribution is -2.38. The molecule has 0 aromatic carbocycles. The first kappa shape index (κ1) is 10.4. The van der Waals surface area contributed by atoms with Crippen LogP contribution in [0.2, 0.25) is 0 Å². The van der Waals surface area contributed by atoms with Gasteiger partial charge in [-0.05, 0) is 14.0 Å². The van der Waals surface area contributed by atoms with Crippen molar-refractivity contribution in [3.63, 3.8) is 0 Å². The molecule has 0 bridgehead atoms. The van der Waals surface area contributed by atoms with Gasteiger partial charge >= 0.3 is 0 Å². The van der Waals surface area contributed by atoms with Gasteiger partial charge in [-0.25, -0.2) is 0 Å². The summed E-state index contributed by atoms with van der Waals surface area (Å²) in [7, 11) is 3.73. The molecule has 0 fully saturated rings. The molecule has 0 heterocycles. The zero-order valence-electron chi connectivity index (χ0n) is 7.85. The number of nitrogens with one attached hydrogen (secondary N) is 1. The van der Waals surface area contributed by atoms with Gasteiger partial charge in [0.15, 0.2) is 0 Å². The van der Waals surface area contributed by atoms with Crippen LogP contribution in [0.15, 0.2) is 0 Å². The maximum Gasteiger partial charge on any atom is 0.222 e. The standard InChI is InChI=1S/C8H18N2O/c1-5-8(11)10(4)6-7(2)9-3/h7,9H,5-6H2,1-4H3. The fourth-order valence-electron chi connectivity index (χ4n) is 0.874. The van der Waals surface area contributed by atoms with Gasteiger partial charge in [-0.1, -0.05) is 6.92 Å². The van der Waals surface area contributed by atoms with Crippen LogP contribution in [0.5, 0.6) is 0 Å². The molecule has 0 rings (SSSR count). The maximum absolute atomic E-state index is 11.1. The first-order valence-corrected chi connectivity index (χ1v) is 4.03. The van der Waals surface area contributed by atoms with Crippen molar-refractivity contribution in [2.24, 2.45) is 0 Å². The van der Waals surface area contributed by atoms with Gasteiger partial charge in [0.2, 0.25) is 5.91 Å². The van der Waals surface area contributed by atoms with Crippen molar-refractivity contribution in [2.45, 2.75) is 26.3 Å². The molecule has 0 radical (unpaired) electrons. The third-order valence-corrected chi connectivity index (χ3v) is 1.77. The Bertz CT molecular complexity index is 125. The van der Waals surface area contributed by atoms with Crippen molar-refractivity contribution in [3.05, 3.63) is 0 Å². The Balaban J connectivity index is 3.67. The zero-order chi connectivity index (χ0) is 8.85. The molecular formula is C8H18N2O. The van der Waals surface area contributed by atoms with E-state index in [1.165, 1.54) is 0 Å². The Morgan fingerprint density at radius 2 is 2.18 bits per heavy atom. The van der Waals surface area contributed by atoms with Crippen LogP contribution >= 0.6 is 0 Å². The molecule has 66 valence electrons. The molecular weight excluding hydrogens is 140 g/mol.